The summed E-state index contributed by atoms with van der Waals surface area (Å²) < 4.78 is 10.5. The van der Waals surface area contributed by atoms with E-state index in [9.17, 15) is 14.4 Å². The quantitative estimate of drug-likeness (QED) is 0.448. The van der Waals surface area contributed by atoms with Gasteiger partial charge in [-0.3, -0.25) is 4.79 Å². The van der Waals surface area contributed by atoms with Crippen molar-refractivity contribution >= 4 is 29.0 Å². The molecule has 0 saturated carbocycles. The van der Waals surface area contributed by atoms with Gasteiger partial charge in [-0.15, -0.1) is 0 Å². The summed E-state index contributed by atoms with van der Waals surface area (Å²) in [7, 11) is 0. The molecule has 0 saturated heterocycles. The van der Waals surface area contributed by atoms with Crippen LogP contribution in [0.25, 0.3) is 10.9 Å². The average molecular weight is 461 g/mol. The number of fused-ring (bicyclic) bond motifs is 1. The molecule has 0 fully saturated rings. The molecular formula is C24H36N4O5. The molecule has 1 heterocycles. The van der Waals surface area contributed by atoms with E-state index in [-0.39, 0.29) is 5.91 Å². The molecular weight excluding hydrogens is 424 g/mol. The number of carbonyl (C=O) groups is 3. The SMILES string of the molecule is CC(C)(C)OC(=O)NCCCNC(=O)[C@@H](Cc1c[nH]c2ccccc12)NC(=O)OC(C)(C)C. The van der Waals surface area contributed by atoms with Crippen molar-refractivity contribution in [2.45, 2.75) is 71.6 Å². The summed E-state index contributed by atoms with van der Waals surface area (Å²) in [6.45, 7) is 11.3. The lowest BCUT2D eigenvalue weighted by Gasteiger charge is -2.23. The Morgan fingerprint density at radius 2 is 1.52 bits per heavy atom. The van der Waals surface area contributed by atoms with Crippen molar-refractivity contribution in [1.82, 2.24) is 20.9 Å². The number of amides is 3. The number of para-hydroxylation sites is 1. The molecule has 1 aromatic heterocycles. The minimum absolute atomic E-state index is 0.297. The molecule has 182 valence electrons. The normalized spacial score (nSPS) is 12.7. The Morgan fingerprint density at radius 1 is 0.909 bits per heavy atom. The van der Waals surface area contributed by atoms with Gasteiger partial charge < -0.3 is 30.4 Å². The van der Waals surface area contributed by atoms with Gasteiger partial charge in [0, 0.05) is 36.6 Å². The lowest BCUT2D eigenvalue weighted by molar-refractivity contribution is -0.123. The summed E-state index contributed by atoms with van der Waals surface area (Å²) in [5, 5.41) is 9.15. The number of hydrogen-bond acceptors (Lipinski definition) is 5. The molecule has 1 aromatic carbocycles. The largest absolute Gasteiger partial charge is 0.444 e. The predicted octanol–water partition coefficient (Wildman–Crippen LogP) is 3.63. The maximum Gasteiger partial charge on any atom is 0.408 e. The summed E-state index contributed by atoms with van der Waals surface area (Å²) in [5.74, 6) is -0.330. The highest BCUT2D eigenvalue weighted by Crippen LogP contribution is 2.19. The number of hydrogen-bond donors (Lipinski definition) is 4. The molecule has 0 aliphatic rings. The molecule has 9 nitrogen and oxygen atoms in total. The van der Waals surface area contributed by atoms with Gasteiger partial charge >= 0.3 is 12.2 Å². The Hall–Kier alpha value is -3.23. The minimum Gasteiger partial charge on any atom is -0.444 e. The van der Waals surface area contributed by atoms with Crippen LogP contribution in [0.1, 0.15) is 53.5 Å². The zero-order chi connectivity index (χ0) is 24.6. The number of aromatic amines is 1. The second-order valence-corrected chi connectivity index (χ2v) is 9.84. The average Bonchev–Trinajstić information content (AvgIpc) is 3.07. The molecule has 1 atom stereocenters. The monoisotopic (exact) mass is 460 g/mol. The van der Waals surface area contributed by atoms with Crippen molar-refractivity contribution in [3.05, 3.63) is 36.0 Å². The van der Waals surface area contributed by atoms with Gasteiger partial charge in [0.2, 0.25) is 5.91 Å². The van der Waals surface area contributed by atoms with E-state index in [4.69, 9.17) is 9.47 Å². The first-order valence-corrected chi connectivity index (χ1v) is 11.1. The van der Waals surface area contributed by atoms with Crippen LogP contribution in [0, 0.1) is 0 Å². The van der Waals surface area contributed by atoms with E-state index in [2.05, 4.69) is 20.9 Å². The van der Waals surface area contributed by atoms with Gasteiger partial charge in [0.25, 0.3) is 0 Å². The Morgan fingerprint density at radius 3 is 2.18 bits per heavy atom. The summed E-state index contributed by atoms with van der Waals surface area (Å²) in [4.78, 5) is 40.1. The number of benzene rings is 1. The molecule has 2 rings (SSSR count). The van der Waals surface area contributed by atoms with Gasteiger partial charge in [0.05, 0.1) is 0 Å². The number of rotatable bonds is 8. The van der Waals surface area contributed by atoms with Crippen LogP contribution in [0.5, 0.6) is 0 Å². The van der Waals surface area contributed by atoms with Crippen LogP contribution in [-0.2, 0) is 20.7 Å². The Labute approximate surface area is 195 Å². The highest BCUT2D eigenvalue weighted by molar-refractivity contribution is 5.88. The summed E-state index contributed by atoms with van der Waals surface area (Å²) in [5.41, 5.74) is 0.617. The second-order valence-electron chi connectivity index (χ2n) is 9.84. The zero-order valence-corrected chi connectivity index (χ0v) is 20.3. The summed E-state index contributed by atoms with van der Waals surface area (Å²) in [6, 6.07) is 6.95. The fourth-order valence-corrected chi connectivity index (χ4v) is 3.11. The highest BCUT2D eigenvalue weighted by Gasteiger charge is 2.25. The highest BCUT2D eigenvalue weighted by atomic mass is 16.6. The van der Waals surface area contributed by atoms with Crippen molar-refractivity contribution in [2.75, 3.05) is 13.1 Å². The van der Waals surface area contributed by atoms with Crippen LogP contribution in [0.3, 0.4) is 0 Å². The topological polar surface area (TPSA) is 122 Å². The number of H-pyrrole nitrogens is 1. The van der Waals surface area contributed by atoms with Gasteiger partial charge in [-0.05, 0) is 59.6 Å². The number of nitrogens with one attached hydrogen (secondary N) is 4. The van der Waals surface area contributed by atoms with Crippen LogP contribution in [-0.4, -0.2) is 53.4 Å². The first kappa shape index (κ1) is 26.0. The van der Waals surface area contributed by atoms with Gasteiger partial charge in [0.15, 0.2) is 0 Å². The summed E-state index contributed by atoms with van der Waals surface area (Å²) >= 11 is 0. The molecule has 0 spiro atoms. The lowest BCUT2D eigenvalue weighted by Crippen LogP contribution is -2.49. The molecule has 0 unspecified atom stereocenters. The molecule has 33 heavy (non-hydrogen) atoms. The van der Waals surface area contributed by atoms with Gasteiger partial charge in [0.1, 0.15) is 17.2 Å². The van der Waals surface area contributed by atoms with Crippen molar-refractivity contribution < 1.29 is 23.9 Å². The van der Waals surface area contributed by atoms with Gasteiger partial charge in [-0.25, -0.2) is 9.59 Å². The van der Waals surface area contributed by atoms with Crippen LogP contribution >= 0.6 is 0 Å². The van der Waals surface area contributed by atoms with Gasteiger partial charge in [-0.2, -0.15) is 0 Å². The summed E-state index contributed by atoms with van der Waals surface area (Å²) in [6.07, 6.45) is 1.49. The maximum atomic E-state index is 12.9. The smallest absolute Gasteiger partial charge is 0.408 e. The van der Waals surface area contributed by atoms with E-state index < -0.39 is 29.4 Å². The number of carbonyl (C=O) groups excluding carboxylic acids is 3. The molecule has 2 aromatic rings. The third kappa shape index (κ3) is 9.43. The fraction of sp³-hybridized carbons (Fsp3) is 0.542. The van der Waals surface area contributed by atoms with Gasteiger partial charge in [-0.1, -0.05) is 18.2 Å². The van der Waals surface area contributed by atoms with E-state index in [0.717, 1.165) is 16.5 Å². The fourth-order valence-electron chi connectivity index (χ4n) is 3.11. The zero-order valence-electron chi connectivity index (χ0n) is 20.3. The Bertz CT molecular complexity index is 956. The van der Waals surface area contributed by atoms with Crippen molar-refractivity contribution in [3.8, 4) is 0 Å². The first-order chi connectivity index (χ1) is 15.3. The van der Waals surface area contributed by atoms with Crippen LogP contribution in [0.15, 0.2) is 30.5 Å². The van der Waals surface area contributed by atoms with E-state index in [0.29, 0.717) is 25.9 Å². The van der Waals surface area contributed by atoms with E-state index in [1.807, 2.05) is 30.5 Å². The Balaban J connectivity index is 1.95. The standard InChI is InChI=1S/C24H36N4O5/c1-23(2,3)32-21(30)26-13-9-12-25-20(29)19(28-22(31)33-24(4,5)6)14-16-15-27-18-11-8-7-10-17(16)18/h7-8,10-11,15,19,27H,9,12-14H2,1-6H3,(H,25,29)(H,26,30)(H,28,31)/t19-/m1/s1. The van der Waals surface area contributed by atoms with Crippen LogP contribution < -0.4 is 16.0 Å². The molecule has 0 aliphatic carbocycles. The first-order valence-electron chi connectivity index (χ1n) is 11.1. The predicted molar refractivity (Wildman–Crippen MR) is 127 cm³/mol. The van der Waals surface area contributed by atoms with E-state index in [1.54, 1.807) is 41.5 Å². The molecule has 0 aliphatic heterocycles. The third-order valence-corrected chi connectivity index (χ3v) is 4.43. The molecule has 9 heteroatoms. The third-order valence-electron chi connectivity index (χ3n) is 4.43. The van der Waals surface area contributed by atoms with Crippen LogP contribution in [0.2, 0.25) is 0 Å². The van der Waals surface area contributed by atoms with Crippen molar-refractivity contribution in [3.63, 3.8) is 0 Å². The lowest BCUT2D eigenvalue weighted by atomic mass is 10.0. The molecule has 0 bridgehead atoms. The van der Waals surface area contributed by atoms with Crippen molar-refractivity contribution in [1.29, 1.82) is 0 Å². The maximum absolute atomic E-state index is 12.9. The molecule has 4 N–H and O–H groups in total. The second kappa shape index (κ2) is 11.1. The minimum atomic E-state index is -0.821. The number of alkyl carbamates (subject to hydrolysis) is 2. The Kier molecular flexibility index (Phi) is 8.73. The number of ether oxygens (including phenoxy) is 2. The van der Waals surface area contributed by atoms with E-state index in [1.165, 1.54) is 0 Å². The van der Waals surface area contributed by atoms with Crippen molar-refractivity contribution in [2.24, 2.45) is 0 Å². The number of aromatic nitrogens is 1. The molecule has 0 radical (unpaired) electrons. The van der Waals surface area contributed by atoms with E-state index >= 15 is 0 Å². The molecule has 3 amide bonds. The van der Waals surface area contributed by atoms with Crippen LogP contribution in [0.4, 0.5) is 9.59 Å².